The summed E-state index contributed by atoms with van der Waals surface area (Å²) in [5, 5.41) is 14.6. The summed E-state index contributed by atoms with van der Waals surface area (Å²) in [4.78, 5) is 36.4. The molecule has 3 N–H and O–H groups in total. The second kappa shape index (κ2) is 9.69. The Labute approximate surface area is 212 Å². The number of carboxylic acids is 1. The largest absolute Gasteiger partial charge is 0.481 e. The SMILES string of the molecule is CCNC(=O)Nc1ncnc2c1ncn2C1OC(CCC2CC2C(=O)O)C2O[C@H](c3ccccc3)OC21. The highest BCUT2D eigenvalue weighted by molar-refractivity contribution is 5.95. The van der Waals surface area contributed by atoms with Crippen molar-refractivity contribution < 1.29 is 28.9 Å². The number of aromatic nitrogens is 4. The first-order chi connectivity index (χ1) is 18.0. The van der Waals surface area contributed by atoms with Gasteiger partial charge in [-0.05, 0) is 32.1 Å². The van der Waals surface area contributed by atoms with Crippen molar-refractivity contribution in [2.75, 3.05) is 11.9 Å². The molecule has 12 heteroatoms. The molecule has 0 radical (unpaired) electrons. The van der Waals surface area contributed by atoms with E-state index >= 15 is 0 Å². The van der Waals surface area contributed by atoms with E-state index in [1.807, 2.05) is 37.3 Å². The van der Waals surface area contributed by atoms with Gasteiger partial charge in [-0.1, -0.05) is 30.3 Å². The van der Waals surface area contributed by atoms with E-state index in [4.69, 9.17) is 14.2 Å². The minimum absolute atomic E-state index is 0.163. The number of anilines is 1. The average molecular weight is 509 g/mol. The van der Waals surface area contributed by atoms with E-state index in [1.165, 1.54) is 6.33 Å². The molecular weight excluding hydrogens is 480 g/mol. The summed E-state index contributed by atoms with van der Waals surface area (Å²) in [6, 6.07) is 9.34. The monoisotopic (exact) mass is 508 g/mol. The van der Waals surface area contributed by atoms with Gasteiger partial charge in [0.25, 0.3) is 0 Å². The van der Waals surface area contributed by atoms with E-state index in [0.717, 1.165) is 12.0 Å². The third-order valence-electron chi connectivity index (χ3n) is 7.18. The first-order valence-corrected chi connectivity index (χ1v) is 12.5. The van der Waals surface area contributed by atoms with Gasteiger partial charge < -0.3 is 24.6 Å². The average Bonchev–Trinajstić information content (AvgIpc) is 3.20. The Kier molecular flexibility index (Phi) is 6.22. The molecule has 1 saturated carbocycles. The molecule has 12 nitrogen and oxygen atoms in total. The molecule has 2 aliphatic heterocycles. The third kappa shape index (κ3) is 4.52. The normalized spacial score (nSPS) is 30.2. The molecule has 6 unspecified atom stereocenters. The molecule has 4 heterocycles. The second-order valence-corrected chi connectivity index (χ2v) is 9.56. The summed E-state index contributed by atoms with van der Waals surface area (Å²) in [5.74, 6) is -0.550. The summed E-state index contributed by atoms with van der Waals surface area (Å²) in [7, 11) is 0. The molecule has 0 bridgehead atoms. The van der Waals surface area contributed by atoms with Crippen molar-refractivity contribution in [3.8, 4) is 0 Å². The standard InChI is InChI=1S/C25H28N6O6/c1-2-26-25(34)30-20-17-21(28-11-27-20)31(12-29-17)22-19-18(36-24(37-19)13-6-4-3-5-7-13)16(35-22)9-8-14-10-15(14)23(32)33/h3-7,11-12,14-16,18-19,22,24H,2,8-10H2,1H3,(H,32,33)(H2,26,27,28,30,34)/t14?,15?,16?,18?,19?,22?,24-/m0/s1. The molecule has 1 aromatic carbocycles. The van der Waals surface area contributed by atoms with Crippen LogP contribution < -0.4 is 10.6 Å². The number of ether oxygens (including phenoxy) is 3. The first-order valence-electron chi connectivity index (χ1n) is 12.5. The number of nitrogens with zero attached hydrogens (tertiary/aromatic N) is 4. The minimum atomic E-state index is -0.737. The fourth-order valence-electron chi connectivity index (χ4n) is 5.25. The zero-order chi connectivity index (χ0) is 25.5. The number of carboxylic acid groups (broad SMARTS) is 1. The molecule has 37 heavy (non-hydrogen) atoms. The smallest absolute Gasteiger partial charge is 0.320 e. The number of hydrogen-bond acceptors (Lipinski definition) is 8. The Morgan fingerprint density at radius 1 is 1.08 bits per heavy atom. The van der Waals surface area contributed by atoms with Crippen LogP contribution in [-0.2, 0) is 19.0 Å². The maximum Gasteiger partial charge on any atom is 0.320 e. The maximum atomic E-state index is 12.1. The number of imidazole rings is 1. The van der Waals surface area contributed by atoms with Crippen LogP contribution in [0.4, 0.5) is 10.6 Å². The molecule has 2 amide bonds. The lowest BCUT2D eigenvalue weighted by Gasteiger charge is -2.21. The number of carbonyl (C=O) groups excluding carboxylic acids is 1. The quantitative estimate of drug-likeness (QED) is 0.417. The highest BCUT2D eigenvalue weighted by Gasteiger charge is 2.54. The van der Waals surface area contributed by atoms with Crippen molar-refractivity contribution in [1.82, 2.24) is 24.8 Å². The van der Waals surface area contributed by atoms with Crippen molar-refractivity contribution in [2.24, 2.45) is 11.8 Å². The van der Waals surface area contributed by atoms with Crippen LogP contribution in [0.2, 0.25) is 0 Å². The van der Waals surface area contributed by atoms with E-state index in [-0.39, 0.29) is 30.1 Å². The molecule has 7 atom stereocenters. The Bertz CT molecular complexity index is 1300. The van der Waals surface area contributed by atoms with E-state index < -0.39 is 24.6 Å². The maximum absolute atomic E-state index is 12.1. The van der Waals surface area contributed by atoms with Gasteiger partial charge in [-0.2, -0.15) is 0 Å². The minimum Gasteiger partial charge on any atom is -0.481 e. The number of carbonyl (C=O) groups is 2. The van der Waals surface area contributed by atoms with Gasteiger partial charge in [0.1, 0.15) is 18.5 Å². The lowest BCUT2D eigenvalue weighted by Crippen LogP contribution is -2.29. The number of rotatable bonds is 8. The molecular formula is C25H28N6O6. The Hall–Kier alpha value is -3.61. The van der Waals surface area contributed by atoms with Gasteiger partial charge in [-0.15, -0.1) is 0 Å². The Morgan fingerprint density at radius 3 is 2.65 bits per heavy atom. The number of fused-ring (bicyclic) bond motifs is 2. The molecule has 3 fully saturated rings. The molecule has 3 aliphatic rings. The molecule has 6 rings (SSSR count). The van der Waals surface area contributed by atoms with Gasteiger partial charge in [0, 0.05) is 12.1 Å². The predicted octanol–water partition coefficient (Wildman–Crippen LogP) is 2.85. The van der Waals surface area contributed by atoms with Crippen LogP contribution in [-0.4, -0.2) is 61.5 Å². The van der Waals surface area contributed by atoms with Gasteiger partial charge in [-0.3, -0.25) is 14.7 Å². The summed E-state index contributed by atoms with van der Waals surface area (Å²) in [5.41, 5.74) is 1.83. The van der Waals surface area contributed by atoms with E-state index in [2.05, 4.69) is 25.6 Å². The van der Waals surface area contributed by atoms with Gasteiger partial charge in [0.15, 0.2) is 29.5 Å². The van der Waals surface area contributed by atoms with Crippen LogP contribution in [0.15, 0.2) is 43.0 Å². The molecule has 3 aromatic rings. The van der Waals surface area contributed by atoms with E-state index in [0.29, 0.717) is 36.4 Å². The van der Waals surface area contributed by atoms with Crippen LogP contribution in [0.3, 0.4) is 0 Å². The lowest BCUT2D eigenvalue weighted by atomic mass is 10.0. The predicted molar refractivity (Wildman–Crippen MR) is 129 cm³/mol. The highest BCUT2D eigenvalue weighted by atomic mass is 16.8. The van der Waals surface area contributed by atoms with Crippen LogP contribution >= 0.6 is 0 Å². The van der Waals surface area contributed by atoms with Crippen molar-refractivity contribution in [3.05, 3.63) is 48.5 Å². The van der Waals surface area contributed by atoms with Crippen LogP contribution in [0.5, 0.6) is 0 Å². The number of amides is 2. The van der Waals surface area contributed by atoms with E-state index in [9.17, 15) is 14.7 Å². The molecule has 2 aromatic heterocycles. The number of hydrogen-bond donors (Lipinski definition) is 3. The van der Waals surface area contributed by atoms with Crippen LogP contribution in [0.25, 0.3) is 11.2 Å². The Morgan fingerprint density at radius 2 is 1.89 bits per heavy atom. The van der Waals surface area contributed by atoms with Gasteiger partial charge in [0.2, 0.25) is 0 Å². The van der Waals surface area contributed by atoms with Crippen molar-refractivity contribution >= 4 is 29.0 Å². The van der Waals surface area contributed by atoms with Gasteiger partial charge in [-0.25, -0.2) is 19.7 Å². The molecule has 1 aliphatic carbocycles. The summed E-state index contributed by atoms with van der Waals surface area (Å²) < 4.78 is 21.0. The zero-order valence-electron chi connectivity index (χ0n) is 20.2. The topological polar surface area (TPSA) is 150 Å². The van der Waals surface area contributed by atoms with Gasteiger partial charge >= 0.3 is 12.0 Å². The Balaban J connectivity index is 1.27. The number of nitrogens with one attached hydrogen (secondary N) is 2. The summed E-state index contributed by atoms with van der Waals surface area (Å²) in [6.45, 7) is 2.30. The van der Waals surface area contributed by atoms with Crippen molar-refractivity contribution in [1.29, 1.82) is 0 Å². The molecule has 194 valence electrons. The highest BCUT2D eigenvalue weighted by Crippen LogP contribution is 2.48. The second-order valence-electron chi connectivity index (χ2n) is 9.56. The van der Waals surface area contributed by atoms with Crippen LogP contribution in [0.1, 0.15) is 44.3 Å². The number of benzene rings is 1. The lowest BCUT2D eigenvalue weighted by molar-refractivity contribution is -0.148. The first kappa shape index (κ1) is 23.8. The number of aliphatic carboxylic acids is 1. The summed E-state index contributed by atoms with van der Waals surface area (Å²) >= 11 is 0. The zero-order valence-corrected chi connectivity index (χ0v) is 20.2. The van der Waals surface area contributed by atoms with E-state index in [1.54, 1.807) is 10.9 Å². The van der Waals surface area contributed by atoms with Crippen LogP contribution in [0, 0.1) is 11.8 Å². The van der Waals surface area contributed by atoms with Gasteiger partial charge in [0.05, 0.1) is 18.3 Å². The van der Waals surface area contributed by atoms with Crippen molar-refractivity contribution in [3.63, 3.8) is 0 Å². The fraction of sp³-hybridized carbons (Fsp3) is 0.480. The van der Waals surface area contributed by atoms with Crippen molar-refractivity contribution in [2.45, 2.75) is 57.0 Å². The summed E-state index contributed by atoms with van der Waals surface area (Å²) in [6.07, 6.45) is 2.89. The third-order valence-corrected chi connectivity index (χ3v) is 7.18. The number of urea groups is 1. The molecule has 2 saturated heterocycles. The molecule has 0 spiro atoms. The fourth-order valence-corrected chi connectivity index (χ4v) is 5.25.